The molecule has 2 aromatic rings. The van der Waals surface area contributed by atoms with Crippen LogP contribution in [0.3, 0.4) is 0 Å². The molecule has 2 N–H and O–H groups in total. The summed E-state index contributed by atoms with van der Waals surface area (Å²) in [4.78, 5) is 39.8. The van der Waals surface area contributed by atoms with Crippen molar-refractivity contribution in [3.63, 3.8) is 0 Å². The lowest BCUT2D eigenvalue weighted by Gasteiger charge is -2.17. The summed E-state index contributed by atoms with van der Waals surface area (Å²) in [6.07, 6.45) is -0.440. The van der Waals surface area contributed by atoms with E-state index < -0.39 is 29.6 Å². The van der Waals surface area contributed by atoms with Crippen LogP contribution in [0, 0.1) is 0 Å². The zero-order valence-electron chi connectivity index (χ0n) is 19.0. The molecule has 0 aliphatic rings. The fourth-order valence-corrected chi connectivity index (χ4v) is 2.84. The minimum Gasteiger partial charge on any atom is -0.506 e. The molecule has 10 nitrogen and oxygen atoms in total. The molecule has 178 valence electrons. The Morgan fingerprint density at radius 3 is 2.36 bits per heavy atom. The molecule has 0 bridgehead atoms. The van der Waals surface area contributed by atoms with Crippen LogP contribution in [0.2, 0.25) is 0 Å². The second-order valence-electron chi connectivity index (χ2n) is 8.11. The summed E-state index contributed by atoms with van der Waals surface area (Å²) in [7, 11) is 1.16. The van der Waals surface area contributed by atoms with Gasteiger partial charge in [0.25, 0.3) is 0 Å². The third-order valence-corrected chi connectivity index (χ3v) is 4.34. The van der Waals surface area contributed by atoms with Crippen molar-refractivity contribution in [2.75, 3.05) is 7.11 Å². The van der Waals surface area contributed by atoms with Crippen LogP contribution in [0.4, 0.5) is 9.59 Å². The summed E-state index contributed by atoms with van der Waals surface area (Å²) in [6.45, 7) is 4.99. The van der Waals surface area contributed by atoms with Crippen LogP contribution in [0.5, 0.6) is 11.6 Å². The van der Waals surface area contributed by atoms with E-state index in [-0.39, 0.29) is 42.9 Å². The predicted molar refractivity (Wildman–Crippen MR) is 118 cm³/mol. The van der Waals surface area contributed by atoms with Crippen molar-refractivity contribution in [2.45, 2.75) is 52.2 Å². The number of ether oxygens (including phenoxy) is 3. The lowest BCUT2D eigenvalue weighted by Crippen LogP contribution is -2.24. The van der Waals surface area contributed by atoms with Gasteiger partial charge in [0.1, 0.15) is 23.7 Å². The topological polar surface area (TPSA) is 137 Å². The second-order valence-corrected chi connectivity index (χ2v) is 8.11. The maximum absolute atomic E-state index is 12.3. The summed E-state index contributed by atoms with van der Waals surface area (Å²) >= 11 is 0. The van der Waals surface area contributed by atoms with E-state index in [4.69, 9.17) is 9.47 Å². The van der Waals surface area contributed by atoms with Gasteiger partial charge in [0.2, 0.25) is 5.88 Å². The van der Waals surface area contributed by atoms with Gasteiger partial charge in [0.15, 0.2) is 0 Å². The van der Waals surface area contributed by atoms with Gasteiger partial charge in [-0.25, -0.2) is 19.0 Å². The SMILES string of the molecule is COC(=O)C(CCCc1c(O)cn(C(=O)OCc2ccccc2)c1O)=NC(=O)OC(C)(C)C. The molecule has 1 aromatic heterocycles. The van der Waals surface area contributed by atoms with Crippen molar-refractivity contribution >= 4 is 23.9 Å². The highest BCUT2D eigenvalue weighted by Gasteiger charge is 2.22. The number of nitrogens with zero attached hydrogens (tertiary/aromatic N) is 2. The highest BCUT2D eigenvalue weighted by molar-refractivity contribution is 6.37. The number of benzene rings is 1. The van der Waals surface area contributed by atoms with Crippen LogP contribution in [0.1, 0.15) is 44.7 Å². The van der Waals surface area contributed by atoms with Gasteiger partial charge in [-0.3, -0.25) is 0 Å². The molecule has 0 unspecified atom stereocenters. The van der Waals surface area contributed by atoms with Crippen molar-refractivity contribution in [1.82, 2.24) is 4.57 Å². The molecule has 0 fully saturated rings. The molecule has 1 aromatic carbocycles. The van der Waals surface area contributed by atoms with Crippen molar-refractivity contribution in [1.29, 1.82) is 0 Å². The van der Waals surface area contributed by atoms with Crippen LogP contribution in [-0.2, 0) is 32.0 Å². The fourth-order valence-electron chi connectivity index (χ4n) is 2.84. The molecule has 0 saturated carbocycles. The molecule has 33 heavy (non-hydrogen) atoms. The fraction of sp³-hybridized carbons (Fsp3) is 0.391. The Morgan fingerprint density at radius 2 is 1.76 bits per heavy atom. The number of hydrogen-bond acceptors (Lipinski definition) is 8. The second kappa shape index (κ2) is 11.2. The Bertz CT molecular complexity index is 1020. The van der Waals surface area contributed by atoms with E-state index in [1.165, 1.54) is 0 Å². The van der Waals surface area contributed by atoms with Gasteiger partial charge in [-0.05, 0) is 45.6 Å². The Balaban J connectivity index is 2.03. The third kappa shape index (κ3) is 7.67. The maximum atomic E-state index is 12.3. The number of rotatable bonds is 7. The summed E-state index contributed by atoms with van der Waals surface area (Å²) in [5.74, 6) is -1.58. The van der Waals surface area contributed by atoms with Crippen LogP contribution >= 0.6 is 0 Å². The molecular formula is C23H28N2O8. The molecule has 0 atom stereocenters. The van der Waals surface area contributed by atoms with Gasteiger partial charge >= 0.3 is 18.2 Å². The number of aliphatic imine (C=N–C) groups is 1. The number of esters is 1. The largest absolute Gasteiger partial charge is 0.506 e. The first-order valence-corrected chi connectivity index (χ1v) is 10.2. The van der Waals surface area contributed by atoms with E-state index in [1.807, 2.05) is 6.07 Å². The summed E-state index contributed by atoms with van der Waals surface area (Å²) in [5, 5.41) is 20.5. The van der Waals surface area contributed by atoms with Gasteiger partial charge < -0.3 is 24.4 Å². The first kappa shape index (κ1) is 25.4. The standard InChI is InChI=1S/C23H28N2O8/c1-23(2,3)33-21(29)24-17(20(28)31-4)12-8-11-16-18(26)13-25(19(16)27)22(30)32-14-15-9-6-5-7-10-15/h5-7,9-10,13,26-27H,8,11-12,14H2,1-4H3. The van der Waals surface area contributed by atoms with E-state index >= 15 is 0 Å². The number of carbonyl (C=O) groups excluding carboxylic acids is 3. The minimum atomic E-state index is -0.930. The monoisotopic (exact) mass is 460 g/mol. The summed E-state index contributed by atoms with van der Waals surface area (Å²) < 4.78 is 15.7. The molecule has 2 rings (SSSR count). The lowest BCUT2D eigenvalue weighted by atomic mass is 10.1. The molecule has 0 radical (unpaired) electrons. The van der Waals surface area contributed by atoms with E-state index in [1.54, 1.807) is 45.0 Å². The number of carbonyl (C=O) groups is 3. The number of hydrogen-bond donors (Lipinski definition) is 2. The average molecular weight is 460 g/mol. The first-order chi connectivity index (χ1) is 15.5. The van der Waals surface area contributed by atoms with Crippen molar-refractivity contribution < 1.29 is 38.8 Å². The van der Waals surface area contributed by atoms with Gasteiger partial charge in [-0.15, -0.1) is 0 Å². The van der Waals surface area contributed by atoms with Crippen molar-refractivity contribution in [3.8, 4) is 11.6 Å². The molecule has 1 amide bonds. The minimum absolute atomic E-state index is 0.00297. The van der Waals surface area contributed by atoms with Crippen LogP contribution < -0.4 is 0 Å². The Labute approximate surface area is 191 Å². The molecule has 0 saturated heterocycles. The number of methoxy groups -OCH3 is 1. The lowest BCUT2D eigenvalue weighted by molar-refractivity contribution is -0.132. The first-order valence-electron chi connectivity index (χ1n) is 10.2. The third-order valence-electron chi connectivity index (χ3n) is 4.34. The van der Waals surface area contributed by atoms with Crippen molar-refractivity contribution in [2.24, 2.45) is 4.99 Å². The van der Waals surface area contributed by atoms with Gasteiger partial charge in [0.05, 0.1) is 18.9 Å². The quantitative estimate of drug-likeness (QED) is 0.360. The number of aromatic nitrogens is 1. The van der Waals surface area contributed by atoms with Gasteiger partial charge in [-0.2, -0.15) is 4.99 Å². The molecule has 0 spiro atoms. The molecule has 10 heteroatoms. The Morgan fingerprint density at radius 1 is 1.09 bits per heavy atom. The average Bonchev–Trinajstić information content (AvgIpc) is 3.04. The van der Waals surface area contributed by atoms with Crippen LogP contribution in [0.15, 0.2) is 41.5 Å². The molecule has 1 heterocycles. The zero-order valence-corrected chi connectivity index (χ0v) is 19.0. The Hall–Kier alpha value is -3.82. The summed E-state index contributed by atoms with van der Waals surface area (Å²) in [6, 6.07) is 8.99. The number of aromatic hydroxyl groups is 2. The van der Waals surface area contributed by atoms with Gasteiger partial charge in [0, 0.05) is 0 Å². The molecule has 0 aliphatic heterocycles. The Kier molecular flexibility index (Phi) is 8.61. The normalized spacial score (nSPS) is 11.7. The van der Waals surface area contributed by atoms with Crippen LogP contribution in [-0.4, -0.2) is 51.4 Å². The highest BCUT2D eigenvalue weighted by Crippen LogP contribution is 2.31. The maximum Gasteiger partial charge on any atom is 0.434 e. The van der Waals surface area contributed by atoms with Crippen LogP contribution in [0.25, 0.3) is 0 Å². The summed E-state index contributed by atoms with van der Waals surface area (Å²) in [5.41, 5.74) is -0.0839. The van der Waals surface area contributed by atoms with Crippen molar-refractivity contribution in [3.05, 3.63) is 47.7 Å². The van der Waals surface area contributed by atoms with E-state index in [0.29, 0.717) is 0 Å². The zero-order chi connectivity index (χ0) is 24.6. The molecule has 0 aliphatic carbocycles. The highest BCUT2D eigenvalue weighted by atomic mass is 16.6. The smallest absolute Gasteiger partial charge is 0.434 e. The predicted octanol–water partition coefficient (Wildman–Crippen LogP) is 3.96. The van der Waals surface area contributed by atoms with E-state index in [0.717, 1.165) is 23.4 Å². The number of amides is 1. The van der Waals surface area contributed by atoms with E-state index in [2.05, 4.69) is 9.73 Å². The van der Waals surface area contributed by atoms with E-state index in [9.17, 15) is 24.6 Å². The van der Waals surface area contributed by atoms with Gasteiger partial charge in [-0.1, -0.05) is 30.3 Å². The molecular weight excluding hydrogens is 432 g/mol.